The summed E-state index contributed by atoms with van der Waals surface area (Å²) in [6, 6.07) is 13.4. The van der Waals surface area contributed by atoms with Crippen LogP contribution in [0.2, 0.25) is 0 Å². The third-order valence-corrected chi connectivity index (χ3v) is 3.31. The Balaban J connectivity index is 1.82. The van der Waals surface area contributed by atoms with Crippen LogP contribution in [0.4, 0.5) is 0 Å². The van der Waals surface area contributed by atoms with Gasteiger partial charge in [0.2, 0.25) is 0 Å². The molecule has 0 saturated carbocycles. The smallest absolute Gasteiger partial charge is 0.272 e. The van der Waals surface area contributed by atoms with Crippen molar-refractivity contribution in [1.29, 1.82) is 0 Å². The maximum Gasteiger partial charge on any atom is 0.272 e. The standard InChI is InChI=1S/C16H15N3O/c1-19(16(20)15-8-4-5-9-17-15)11-12-10-18-14-7-3-2-6-13(12)14/h2-10,18H,11H2,1H3. The molecule has 4 nitrogen and oxygen atoms in total. The lowest BCUT2D eigenvalue weighted by Gasteiger charge is -2.16. The molecule has 2 heterocycles. The number of hydrogen-bond acceptors (Lipinski definition) is 2. The molecular formula is C16H15N3O. The minimum absolute atomic E-state index is 0.0733. The van der Waals surface area contributed by atoms with Crippen LogP contribution in [0.25, 0.3) is 10.9 Å². The first-order valence-corrected chi connectivity index (χ1v) is 6.47. The van der Waals surface area contributed by atoms with Crippen molar-refractivity contribution in [2.24, 2.45) is 0 Å². The molecule has 1 amide bonds. The first-order valence-electron chi connectivity index (χ1n) is 6.47. The Morgan fingerprint density at radius 3 is 2.80 bits per heavy atom. The van der Waals surface area contributed by atoms with E-state index in [1.165, 1.54) is 0 Å². The highest BCUT2D eigenvalue weighted by Crippen LogP contribution is 2.19. The van der Waals surface area contributed by atoms with Crippen LogP contribution in [0.15, 0.2) is 54.9 Å². The van der Waals surface area contributed by atoms with Gasteiger partial charge in [0, 0.05) is 36.9 Å². The average Bonchev–Trinajstić information content (AvgIpc) is 2.91. The van der Waals surface area contributed by atoms with Crippen LogP contribution < -0.4 is 0 Å². The van der Waals surface area contributed by atoms with Gasteiger partial charge in [-0.05, 0) is 23.8 Å². The molecule has 0 radical (unpaired) electrons. The Labute approximate surface area is 117 Å². The fourth-order valence-corrected chi connectivity index (χ4v) is 2.27. The molecule has 100 valence electrons. The normalized spacial score (nSPS) is 10.7. The number of amides is 1. The molecule has 20 heavy (non-hydrogen) atoms. The highest BCUT2D eigenvalue weighted by atomic mass is 16.2. The molecule has 0 fully saturated rings. The first kappa shape index (κ1) is 12.4. The molecule has 3 rings (SSSR count). The van der Waals surface area contributed by atoms with Crippen LogP contribution in [0.5, 0.6) is 0 Å². The lowest BCUT2D eigenvalue weighted by molar-refractivity contribution is 0.0780. The topological polar surface area (TPSA) is 49.0 Å². The van der Waals surface area contributed by atoms with E-state index >= 15 is 0 Å². The summed E-state index contributed by atoms with van der Waals surface area (Å²) in [6.07, 6.45) is 3.58. The lowest BCUT2D eigenvalue weighted by atomic mass is 10.1. The first-order chi connectivity index (χ1) is 9.75. The molecule has 0 spiro atoms. The van der Waals surface area contributed by atoms with Gasteiger partial charge in [0.15, 0.2) is 0 Å². The van der Waals surface area contributed by atoms with Crippen LogP contribution in [0, 0.1) is 0 Å². The zero-order valence-electron chi connectivity index (χ0n) is 11.2. The second-order valence-electron chi connectivity index (χ2n) is 4.74. The number of benzene rings is 1. The second kappa shape index (κ2) is 5.17. The van der Waals surface area contributed by atoms with Gasteiger partial charge < -0.3 is 9.88 Å². The summed E-state index contributed by atoms with van der Waals surface area (Å²) in [5.74, 6) is -0.0733. The van der Waals surface area contributed by atoms with E-state index in [0.29, 0.717) is 12.2 Å². The quantitative estimate of drug-likeness (QED) is 0.791. The highest BCUT2D eigenvalue weighted by Gasteiger charge is 2.14. The van der Waals surface area contributed by atoms with E-state index in [0.717, 1.165) is 16.5 Å². The Kier molecular flexibility index (Phi) is 3.21. The van der Waals surface area contributed by atoms with Crippen molar-refractivity contribution in [3.63, 3.8) is 0 Å². The number of aromatic nitrogens is 2. The summed E-state index contributed by atoms with van der Waals surface area (Å²) in [7, 11) is 1.79. The number of nitrogens with zero attached hydrogens (tertiary/aromatic N) is 2. The molecule has 0 aliphatic heterocycles. The van der Waals surface area contributed by atoms with Crippen LogP contribution >= 0.6 is 0 Å². The number of rotatable bonds is 3. The summed E-state index contributed by atoms with van der Waals surface area (Å²) >= 11 is 0. The van der Waals surface area contributed by atoms with Gasteiger partial charge in [-0.25, -0.2) is 0 Å². The molecule has 3 aromatic rings. The number of para-hydroxylation sites is 1. The molecule has 0 unspecified atom stereocenters. The average molecular weight is 265 g/mol. The van der Waals surface area contributed by atoms with Gasteiger partial charge in [0.05, 0.1) is 0 Å². The minimum atomic E-state index is -0.0733. The van der Waals surface area contributed by atoms with Gasteiger partial charge in [-0.15, -0.1) is 0 Å². The SMILES string of the molecule is CN(Cc1c[nH]c2ccccc12)C(=O)c1ccccn1. The second-order valence-corrected chi connectivity index (χ2v) is 4.74. The molecule has 0 bridgehead atoms. The number of carbonyl (C=O) groups excluding carboxylic acids is 1. The number of carbonyl (C=O) groups is 1. The molecule has 0 saturated heterocycles. The fourth-order valence-electron chi connectivity index (χ4n) is 2.27. The van der Waals surface area contributed by atoms with Crippen molar-refractivity contribution in [2.75, 3.05) is 7.05 Å². The van der Waals surface area contributed by atoms with Gasteiger partial charge in [0.1, 0.15) is 5.69 Å². The van der Waals surface area contributed by atoms with Crippen LogP contribution in [0.3, 0.4) is 0 Å². The van der Waals surface area contributed by atoms with Gasteiger partial charge in [-0.3, -0.25) is 9.78 Å². The summed E-state index contributed by atoms with van der Waals surface area (Å²) < 4.78 is 0. The number of H-pyrrole nitrogens is 1. The summed E-state index contributed by atoms with van der Waals surface area (Å²) in [5, 5.41) is 1.15. The van der Waals surface area contributed by atoms with E-state index in [1.807, 2.05) is 30.5 Å². The molecule has 1 N–H and O–H groups in total. The minimum Gasteiger partial charge on any atom is -0.361 e. The highest BCUT2D eigenvalue weighted by molar-refractivity contribution is 5.92. The van der Waals surface area contributed by atoms with Crippen LogP contribution in [0.1, 0.15) is 16.1 Å². The van der Waals surface area contributed by atoms with E-state index in [-0.39, 0.29) is 5.91 Å². The Morgan fingerprint density at radius 1 is 1.20 bits per heavy atom. The van der Waals surface area contributed by atoms with E-state index in [2.05, 4.69) is 16.0 Å². The van der Waals surface area contributed by atoms with Crippen molar-refractivity contribution in [1.82, 2.24) is 14.9 Å². The maximum atomic E-state index is 12.3. The summed E-state index contributed by atoms with van der Waals surface area (Å²) in [6.45, 7) is 0.555. The number of fused-ring (bicyclic) bond motifs is 1. The predicted octanol–water partition coefficient (Wildman–Crippen LogP) is 2.84. The monoisotopic (exact) mass is 265 g/mol. The van der Waals surface area contributed by atoms with Crippen molar-refractivity contribution in [3.8, 4) is 0 Å². The largest absolute Gasteiger partial charge is 0.361 e. The van der Waals surface area contributed by atoms with Gasteiger partial charge in [0.25, 0.3) is 5.91 Å². The van der Waals surface area contributed by atoms with E-state index in [9.17, 15) is 4.79 Å². The maximum absolute atomic E-state index is 12.3. The van der Waals surface area contributed by atoms with Gasteiger partial charge >= 0.3 is 0 Å². The summed E-state index contributed by atoms with van der Waals surface area (Å²) in [4.78, 5) is 21.2. The third-order valence-electron chi connectivity index (χ3n) is 3.31. The van der Waals surface area contributed by atoms with Crippen LogP contribution in [-0.4, -0.2) is 27.8 Å². The number of hydrogen-bond donors (Lipinski definition) is 1. The molecule has 4 heteroatoms. The lowest BCUT2D eigenvalue weighted by Crippen LogP contribution is -2.26. The molecule has 0 aliphatic carbocycles. The Hall–Kier alpha value is -2.62. The van der Waals surface area contributed by atoms with Crippen LogP contribution in [-0.2, 0) is 6.54 Å². The molecule has 0 aliphatic rings. The van der Waals surface area contributed by atoms with Gasteiger partial charge in [-0.2, -0.15) is 0 Å². The number of aromatic amines is 1. The summed E-state index contributed by atoms with van der Waals surface area (Å²) in [5.41, 5.74) is 2.66. The zero-order chi connectivity index (χ0) is 13.9. The Morgan fingerprint density at radius 2 is 2.00 bits per heavy atom. The van der Waals surface area contributed by atoms with E-state index < -0.39 is 0 Å². The molecule has 0 atom stereocenters. The van der Waals surface area contributed by atoms with E-state index in [4.69, 9.17) is 0 Å². The Bertz CT molecular complexity index is 734. The fraction of sp³-hybridized carbons (Fsp3) is 0.125. The third kappa shape index (κ3) is 2.28. The molecular weight excluding hydrogens is 250 g/mol. The van der Waals surface area contributed by atoms with Crippen molar-refractivity contribution < 1.29 is 4.79 Å². The van der Waals surface area contributed by atoms with Crippen molar-refractivity contribution in [2.45, 2.75) is 6.54 Å². The number of pyridine rings is 1. The molecule has 2 aromatic heterocycles. The number of nitrogens with one attached hydrogen (secondary N) is 1. The predicted molar refractivity (Wildman–Crippen MR) is 78.3 cm³/mol. The van der Waals surface area contributed by atoms with E-state index in [1.54, 1.807) is 30.3 Å². The van der Waals surface area contributed by atoms with Crippen molar-refractivity contribution >= 4 is 16.8 Å². The zero-order valence-corrected chi connectivity index (χ0v) is 11.2. The molecule has 1 aromatic carbocycles. The van der Waals surface area contributed by atoms with Crippen molar-refractivity contribution in [3.05, 3.63) is 66.1 Å². The van der Waals surface area contributed by atoms with Gasteiger partial charge in [-0.1, -0.05) is 24.3 Å².